The maximum atomic E-state index is 11.2. The van der Waals surface area contributed by atoms with Crippen molar-refractivity contribution in [3.8, 4) is 0 Å². The summed E-state index contributed by atoms with van der Waals surface area (Å²) in [6.45, 7) is 2.95. The topological polar surface area (TPSA) is 40.5 Å². The summed E-state index contributed by atoms with van der Waals surface area (Å²) in [5.74, 6) is -0.862. The number of carboxylic acids is 1. The Kier molecular flexibility index (Phi) is 3.39. The molecule has 0 amide bonds. The number of carboxylic acid groups (broad SMARTS) is 1. The lowest BCUT2D eigenvalue weighted by Crippen LogP contribution is -2.35. The molecule has 3 nitrogen and oxygen atoms in total. The minimum Gasteiger partial charge on any atom is -0.481 e. The molecule has 1 aliphatic heterocycles. The number of benzene rings is 1. The number of rotatable bonds is 2. The molecular weight excluding hydrogens is 306 g/mol. The summed E-state index contributed by atoms with van der Waals surface area (Å²) < 4.78 is 1.19. The van der Waals surface area contributed by atoms with Crippen LogP contribution in [-0.2, 0) is 11.2 Å². The molecule has 3 unspecified atom stereocenters. The standard InChI is InChI=1S/C15H18BrNO2/c1-9-10(15(18)19)7-8-17(9)14-6-5-11-12(14)3-2-4-13(11)16/h2-4,9-10,14H,5-8H2,1H3,(H,18,19). The van der Waals surface area contributed by atoms with Gasteiger partial charge in [0.05, 0.1) is 5.92 Å². The highest BCUT2D eigenvalue weighted by atomic mass is 79.9. The van der Waals surface area contributed by atoms with E-state index in [-0.39, 0.29) is 12.0 Å². The third-order valence-electron chi connectivity index (χ3n) is 4.70. The zero-order chi connectivity index (χ0) is 13.6. The highest BCUT2D eigenvalue weighted by molar-refractivity contribution is 9.10. The van der Waals surface area contributed by atoms with Crippen LogP contribution in [0.15, 0.2) is 22.7 Å². The molecule has 1 aliphatic carbocycles. The van der Waals surface area contributed by atoms with Gasteiger partial charge in [0.2, 0.25) is 0 Å². The van der Waals surface area contributed by atoms with E-state index in [0.29, 0.717) is 6.04 Å². The molecule has 1 N–H and O–H groups in total. The molecule has 19 heavy (non-hydrogen) atoms. The Hall–Kier alpha value is -0.870. The van der Waals surface area contributed by atoms with E-state index < -0.39 is 5.97 Å². The van der Waals surface area contributed by atoms with Crippen molar-refractivity contribution < 1.29 is 9.90 Å². The predicted octanol–water partition coefficient (Wildman–Crippen LogP) is 3.23. The van der Waals surface area contributed by atoms with E-state index >= 15 is 0 Å². The van der Waals surface area contributed by atoms with Crippen molar-refractivity contribution in [2.24, 2.45) is 5.92 Å². The molecule has 0 aromatic heterocycles. The lowest BCUT2D eigenvalue weighted by molar-refractivity contribution is -0.142. The van der Waals surface area contributed by atoms with Gasteiger partial charge in [-0.15, -0.1) is 0 Å². The molecule has 1 aromatic carbocycles. The van der Waals surface area contributed by atoms with Crippen LogP contribution in [0, 0.1) is 5.92 Å². The maximum absolute atomic E-state index is 11.2. The molecule has 0 saturated carbocycles. The Bertz CT molecular complexity index is 517. The van der Waals surface area contributed by atoms with E-state index in [9.17, 15) is 9.90 Å². The molecule has 2 aliphatic rings. The van der Waals surface area contributed by atoms with E-state index in [4.69, 9.17) is 0 Å². The predicted molar refractivity (Wildman–Crippen MR) is 77.1 cm³/mol. The van der Waals surface area contributed by atoms with Gasteiger partial charge >= 0.3 is 5.97 Å². The first-order chi connectivity index (χ1) is 9.09. The first kappa shape index (κ1) is 13.1. The van der Waals surface area contributed by atoms with Crippen LogP contribution in [0.1, 0.15) is 36.9 Å². The number of halogens is 1. The summed E-state index contributed by atoms with van der Waals surface area (Å²) in [7, 11) is 0. The summed E-state index contributed by atoms with van der Waals surface area (Å²) in [6, 6.07) is 6.89. The van der Waals surface area contributed by atoms with Gasteiger partial charge in [-0.3, -0.25) is 9.69 Å². The third-order valence-corrected chi connectivity index (χ3v) is 5.45. The maximum Gasteiger partial charge on any atom is 0.308 e. The van der Waals surface area contributed by atoms with Gasteiger partial charge in [-0.25, -0.2) is 0 Å². The van der Waals surface area contributed by atoms with Gasteiger partial charge in [0.25, 0.3) is 0 Å². The van der Waals surface area contributed by atoms with Gasteiger partial charge in [0.1, 0.15) is 0 Å². The fourth-order valence-electron chi connectivity index (χ4n) is 3.67. The number of carbonyl (C=O) groups is 1. The Morgan fingerprint density at radius 2 is 2.21 bits per heavy atom. The van der Waals surface area contributed by atoms with E-state index in [1.807, 2.05) is 0 Å². The van der Waals surface area contributed by atoms with Crippen LogP contribution in [0.3, 0.4) is 0 Å². The Morgan fingerprint density at radius 1 is 1.42 bits per heavy atom. The van der Waals surface area contributed by atoms with Gasteiger partial charge in [0, 0.05) is 16.6 Å². The van der Waals surface area contributed by atoms with Gasteiger partial charge in [-0.2, -0.15) is 0 Å². The number of nitrogens with zero attached hydrogens (tertiary/aromatic N) is 1. The van der Waals surface area contributed by atoms with Crippen molar-refractivity contribution in [3.05, 3.63) is 33.8 Å². The summed E-state index contributed by atoms with van der Waals surface area (Å²) >= 11 is 3.62. The van der Waals surface area contributed by atoms with Crippen LogP contribution in [0.4, 0.5) is 0 Å². The van der Waals surface area contributed by atoms with Crippen molar-refractivity contribution in [3.63, 3.8) is 0 Å². The van der Waals surface area contributed by atoms with Crippen LogP contribution < -0.4 is 0 Å². The monoisotopic (exact) mass is 323 g/mol. The number of aliphatic carboxylic acids is 1. The van der Waals surface area contributed by atoms with Crippen LogP contribution in [-0.4, -0.2) is 28.6 Å². The molecule has 1 aromatic rings. The van der Waals surface area contributed by atoms with E-state index in [0.717, 1.165) is 25.8 Å². The number of fused-ring (bicyclic) bond motifs is 1. The SMILES string of the molecule is CC1C(C(=O)O)CCN1C1CCc2c(Br)cccc21. The highest BCUT2D eigenvalue weighted by Crippen LogP contribution is 2.43. The highest BCUT2D eigenvalue weighted by Gasteiger charge is 2.41. The van der Waals surface area contributed by atoms with Crippen LogP contribution in [0.2, 0.25) is 0 Å². The number of likely N-dealkylation sites (tertiary alicyclic amines) is 1. The molecule has 0 radical (unpaired) electrons. The first-order valence-corrected chi connectivity index (χ1v) is 7.64. The van der Waals surface area contributed by atoms with Gasteiger partial charge in [0.15, 0.2) is 0 Å². The third kappa shape index (κ3) is 2.11. The minimum atomic E-state index is -0.650. The summed E-state index contributed by atoms with van der Waals surface area (Å²) in [6.07, 6.45) is 2.97. The van der Waals surface area contributed by atoms with Crippen molar-refractivity contribution >= 4 is 21.9 Å². The van der Waals surface area contributed by atoms with Crippen molar-refractivity contribution in [2.45, 2.75) is 38.3 Å². The summed E-state index contributed by atoms with van der Waals surface area (Å²) in [5, 5.41) is 9.25. The average Bonchev–Trinajstić information content (AvgIpc) is 2.93. The molecule has 0 spiro atoms. The molecule has 0 bridgehead atoms. The molecule has 3 atom stereocenters. The molecule has 3 rings (SSSR count). The molecule has 1 saturated heterocycles. The fraction of sp³-hybridized carbons (Fsp3) is 0.533. The lowest BCUT2D eigenvalue weighted by Gasteiger charge is -2.30. The Labute approximate surface area is 121 Å². The van der Waals surface area contributed by atoms with Gasteiger partial charge < -0.3 is 5.11 Å². The number of hydrogen-bond donors (Lipinski definition) is 1. The second-order valence-corrected chi connectivity index (χ2v) is 6.43. The fourth-order valence-corrected chi connectivity index (χ4v) is 4.25. The molecule has 1 fully saturated rings. The van der Waals surface area contributed by atoms with Gasteiger partial charge in [-0.05, 0) is 49.9 Å². The van der Waals surface area contributed by atoms with E-state index in [2.05, 4.69) is 46.0 Å². The largest absolute Gasteiger partial charge is 0.481 e. The van der Waals surface area contributed by atoms with Crippen molar-refractivity contribution in [1.82, 2.24) is 4.90 Å². The Balaban J connectivity index is 1.87. The van der Waals surface area contributed by atoms with Crippen LogP contribution in [0.25, 0.3) is 0 Å². The zero-order valence-electron chi connectivity index (χ0n) is 11.0. The van der Waals surface area contributed by atoms with Crippen molar-refractivity contribution in [1.29, 1.82) is 0 Å². The summed E-state index contributed by atoms with van der Waals surface area (Å²) in [4.78, 5) is 13.6. The molecule has 1 heterocycles. The summed E-state index contributed by atoms with van der Waals surface area (Å²) in [5.41, 5.74) is 2.78. The van der Waals surface area contributed by atoms with E-state index in [1.165, 1.54) is 15.6 Å². The quantitative estimate of drug-likeness (QED) is 0.908. The molecular formula is C15H18BrNO2. The Morgan fingerprint density at radius 3 is 2.89 bits per heavy atom. The van der Waals surface area contributed by atoms with Gasteiger partial charge in [-0.1, -0.05) is 28.1 Å². The molecule has 102 valence electrons. The van der Waals surface area contributed by atoms with Crippen LogP contribution in [0.5, 0.6) is 0 Å². The second-order valence-electron chi connectivity index (χ2n) is 5.57. The minimum absolute atomic E-state index is 0.132. The smallest absolute Gasteiger partial charge is 0.308 e. The average molecular weight is 324 g/mol. The van der Waals surface area contributed by atoms with Crippen LogP contribution >= 0.6 is 15.9 Å². The lowest BCUT2D eigenvalue weighted by atomic mass is 10.0. The molecule has 4 heteroatoms. The zero-order valence-corrected chi connectivity index (χ0v) is 12.6. The normalized spacial score (nSPS) is 30.5. The van der Waals surface area contributed by atoms with E-state index in [1.54, 1.807) is 0 Å². The van der Waals surface area contributed by atoms with Crippen molar-refractivity contribution in [2.75, 3.05) is 6.54 Å². The number of hydrogen-bond acceptors (Lipinski definition) is 2. The first-order valence-electron chi connectivity index (χ1n) is 6.85. The second kappa shape index (κ2) is 4.91.